The fourth-order valence-corrected chi connectivity index (χ4v) is 2.27. The summed E-state index contributed by atoms with van der Waals surface area (Å²) in [6, 6.07) is 5.63. The summed E-state index contributed by atoms with van der Waals surface area (Å²) in [6.07, 6.45) is 6.12. The van der Waals surface area contributed by atoms with Crippen LogP contribution >= 0.6 is 0 Å². The highest BCUT2D eigenvalue weighted by Crippen LogP contribution is 2.23. The van der Waals surface area contributed by atoms with Gasteiger partial charge in [0.05, 0.1) is 6.20 Å². The largest absolute Gasteiger partial charge is 0.441 e. The van der Waals surface area contributed by atoms with Gasteiger partial charge in [0.1, 0.15) is 5.82 Å². The van der Waals surface area contributed by atoms with Gasteiger partial charge in [-0.1, -0.05) is 0 Å². The first kappa shape index (κ1) is 13.3. The van der Waals surface area contributed by atoms with E-state index in [1.807, 2.05) is 13.0 Å². The minimum Gasteiger partial charge on any atom is -0.441 e. The van der Waals surface area contributed by atoms with E-state index in [1.54, 1.807) is 6.20 Å². The van der Waals surface area contributed by atoms with Crippen molar-refractivity contribution in [2.45, 2.75) is 38.6 Å². The summed E-state index contributed by atoms with van der Waals surface area (Å²) in [5.74, 6) is 1.11. The lowest BCUT2D eigenvalue weighted by Gasteiger charge is -2.01. The van der Waals surface area contributed by atoms with Crippen LogP contribution in [0, 0.1) is 12.7 Å². The molecule has 1 aliphatic carbocycles. The van der Waals surface area contributed by atoms with Crippen LogP contribution in [-0.4, -0.2) is 17.6 Å². The highest BCUT2D eigenvalue weighted by Gasteiger charge is 2.19. The third kappa shape index (κ3) is 3.45. The van der Waals surface area contributed by atoms with Crippen molar-refractivity contribution in [3.05, 3.63) is 41.7 Å². The van der Waals surface area contributed by atoms with Crippen LogP contribution in [0.25, 0.3) is 11.3 Å². The molecule has 1 N–H and O–H groups in total. The van der Waals surface area contributed by atoms with E-state index in [9.17, 15) is 4.39 Å². The number of benzene rings is 1. The number of nitrogens with one attached hydrogen (secondary N) is 1. The molecule has 3 nitrogen and oxygen atoms in total. The topological polar surface area (TPSA) is 38.1 Å². The second kappa shape index (κ2) is 5.75. The van der Waals surface area contributed by atoms with E-state index < -0.39 is 0 Å². The van der Waals surface area contributed by atoms with E-state index in [2.05, 4.69) is 10.3 Å². The number of aryl methyl sites for hydroxylation is 2. The molecule has 0 atom stereocenters. The van der Waals surface area contributed by atoms with E-state index in [-0.39, 0.29) is 5.82 Å². The van der Waals surface area contributed by atoms with Gasteiger partial charge in [0.15, 0.2) is 11.7 Å². The summed E-state index contributed by atoms with van der Waals surface area (Å²) >= 11 is 0. The van der Waals surface area contributed by atoms with Crippen molar-refractivity contribution in [1.82, 2.24) is 10.3 Å². The van der Waals surface area contributed by atoms with Gasteiger partial charge >= 0.3 is 0 Å². The molecular formula is C16H19FN2O. The summed E-state index contributed by atoms with van der Waals surface area (Å²) < 4.78 is 19.1. The molecule has 1 aliphatic rings. The van der Waals surface area contributed by atoms with E-state index >= 15 is 0 Å². The van der Waals surface area contributed by atoms with Crippen LogP contribution in [0.2, 0.25) is 0 Å². The zero-order chi connectivity index (χ0) is 13.9. The lowest BCUT2D eigenvalue weighted by atomic mass is 10.1. The average molecular weight is 274 g/mol. The number of rotatable bonds is 6. The van der Waals surface area contributed by atoms with Crippen LogP contribution in [0.4, 0.5) is 4.39 Å². The van der Waals surface area contributed by atoms with Crippen molar-refractivity contribution in [3.63, 3.8) is 0 Å². The molecule has 0 spiro atoms. The van der Waals surface area contributed by atoms with Crippen molar-refractivity contribution >= 4 is 0 Å². The molecule has 1 saturated carbocycles. The summed E-state index contributed by atoms with van der Waals surface area (Å²) in [4.78, 5) is 4.27. The predicted octanol–water partition coefficient (Wildman–Crippen LogP) is 3.47. The summed E-state index contributed by atoms with van der Waals surface area (Å²) in [7, 11) is 0. The van der Waals surface area contributed by atoms with Gasteiger partial charge in [-0.25, -0.2) is 9.37 Å². The van der Waals surface area contributed by atoms with E-state index in [1.165, 1.54) is 25.0 Å². The molecule has 4 heteroatoms. The van der Waals surface area contributed by atoms with Gasteiger partial charge in [-0.2, -0.15) is 0 Å². The van der Waals surface area contributed by atoms with E-state index in [4.69, 9.17) is 4.42 Å². The molecule has 2 aromatic rings. The molecule has 1 fully saturated rings. The fraction of sp³-hybridized carbons (Fsp3) is 0.438. The molecular weight excluding hydrogens is 255 g/mol. The molecule has 0 aliphatic heterocycles. The lowest BCUT2D eigenvalue weighted by molar-refractivity contribution is 0.491. The first-order chi connectivity index (χ1) is 9.70. The number of oxazole rings is 1. The monoisotopic (exact) mass is 274 g/mol. The Morgan fingerprint density at radius 1 is 1.35 bits per heavy atom. The molecule has 1 aromatic carbocycles. The average Bonchev–Trinajstić information content (AvgIpc) is 3.10. The molecule has 1 heterocycles. The van der Waals surface area contributed by atoms with Crippen LogP contribution in [0.15, 0.2) is 28.8 Å². The highest BCUT2D eigenvalue weighted by molar-refractivity contribution is 5.57. The second-order valence-electron chi connectivity index (χ2n) is 5.47. The summed E-state index contributed by atoms with van der Waals surface area (Å²) in [6.45, 7) is 2.87. The van der Waals surface area contributed by atoms with Gasteiger partial charge < -0.3 is 9.73 Å². The standard InChI is InChI=1S/C16H19FN2O/c1-11-7-12(9-13(17)8-11)15-10-19-16(20-15)3-2-6-18-14-4-5-14/h7-10,14,18H,2-6H2,1H3. The third-order valence-corrected chi connectivity index (χ3v) is 3.46. The zero-order valence-electron chi connectivity index (χ0n) is 11.7. The minimum absolute atomic E-state index is 0.244. The number of aromatic nitrogens is 1. The molecule has 106 valence electrons. The van der Waals surface area contributed by atoms with E-state index in [0.29, 0.717) is 5.76 Å². The normalized spacial score (nSPS) is 14.7. The smallest absolute Gasteiger partial charge is 0.194 e. The molecule has 0 unspecified atom stereocenters. The Balaban J connectivity index is 1.60. The summed E-state index contributed by atoms with van der Waals surface area (Å²) in [5.41, 5.74) is 1.63. The SMILES string of the molecule is Cc1cc(F)cc(-c2cnc(CCCNC3CC3)o2)c1. The highest BCUT2D eigenvalue weighted by atomic mass is 19.1. The van der Waals surface area contributed by atoms with Crippen LogP contribution < -0.4 is 5.32 Å². The number of hydrogen-bond acceptors (Lipinski definition) is 3. The molecule has 0 radical (unpaired) electrons. The van der Waals surface area contributed by atoms with Crippen molar-refractivity contribution in [2.24, 2.45) is 0 Å². The Kier molecular flexibility index (Phi) is 3.83. The third-order valence-electron chi connectivity index (χ3n) is 3.46. The Morgan fingerprint density at radius 3 is 2.95 bits per heavy atom. The zero-order valence-corrected chi connectivity index (χ0v) is 11.7. The van der Waals surface area contributed by atoms with Crippen LogP contribution in [0.1, 0.15) is 30.7 Å². The molecule has 0 saturated heterocycles. The van der Waals surface area contributed by atoms with E-state index in [0.717, 1.165) is 42.4 Å². The van der Waals surface area contributed by atoms with Crippen molar-refractivity contribution in [2.75, 3.05) is 6.54 Å². The number of nitrogens with zero attached hydrogens (tertiary/aromatic N) is 1. The second-order valence-corrected chi connectivity index (χ2v) is 5.47. The van der Waals surface area contributed by atoms with Gasteiger partial charge in [0.25, 0.3) is 0 Å². The van der Waals surface area contributed by atoms with Crippen molar-refractivity contribution < 1.29 is 8.81 Å². The van der Waals surface area contributed by atoms with Crippen LogP contribution in [0.3, 0.4) is 0 Å². The quantitative estimate of drug-likeness (QED) is 0.820. The Hall–Kier alpha value is -1.68. The lowest BCUT2D eigenvalue weighted by Crippen LogP contribution is -2.17. The fourth-order valence-electron chi connectivity index (χ4n) is 2.27. The first-order valence-electron chi connectivity index (χ1n) is 7.16. The van der Waals surface area contributed by atoms with Crippen LogP contribution in [-0.2, 0) is 6.42 Å². The maximum Gasteiger partial charge on any atom is 0.194 e. The molecule has 0 bridgehead atoms. The van der Waals surface area contributed by atoms with Crippen molar-refractivity contribution in [1.29, 1.82) is 0 Å². The summed E-state index contributed by atoms with van der Waals surface area (Å²) in [5, 5.41) is 3.46. The van der Waals surface area contributed by atoms with Gasteiger partial charge in [0, 0.05) is 18.0 Å². The Bertz CT molecular complexity index is 570. The van der Waals surface area contributed by atoms with Crippen molar-refractivity contribution in [3.8, 4) is 11.3 Å². The predicted molar refractivity (Wildman–Crippen MR) is 76.0 cm³/mol. The number of hydrogen-bond donors (Lipinski definition) is 1. The Labute approximate surface area is 118 Å². The maximum absolute atomic E-state index is 13.4. The Morgan fingerprint density at radius 2 is 2.20 bits per heavy atom. The van der Waals surface area contributed by atoms with Gasteiger partial charge in [-0.3, -0.25) is 0 Å². The molecule has 0 amide bonds. The molecule has 20 heavy (non-hydrogen) atoms. The first-order valence-corrected chi connectivity index (χ1v) is 7.16. The molecule has 3 rings (SSSR count). The van der Waals surface area contributed by atoms with Gasteiger partial charge in [-0.15, -0.1) is 0 Å². The minimum atomic E-state index is -0.244. The van der Waals surface area contributed by atoms with Crippen LogP contribution in [0.5, 0.6) is 0 Å². The number of halogens is 1. The van der Waals surface area contributed by atoms with Gasteiger partial charge in [-0.05, 0) is 56.5 Å². The maximum atomic E-state index is 13.4. The molecule has 1 aromatic heterocycles. The van der Waals surface area contributed by atoms with Gasteiger partial charge in [0.2, 0.25) is 0 Å².